The molecule has 0 spiro atoms. The third-order valence-electron chi connectivity index (χ3n) is 2.35. The first-order valence-corrected chi connectivity index (χ1v) is 5.79. The van der Waals surface area contributed by atoms with Crippen LogP contribution in [0.15, 0.2) is 50.7 Å². The molecule has 6 heteroatoms. The molecule has 1 N–H and O–H groups in total. The van der Waals surface area contributed by atoms with Gasteiger partial charge < -0.3 is 14.3 Å². The maximum atomic E-state index is 11.8. The van der Waals surface area contributed by atoms with E-state index in [9.17, 15) is 9.59 Å². The summed E-state index contributed by atoms with van der Waals surface area (Å²) in [5.41, 5.74) is 0.200. The normalized spacial score (nSPS) is 10.2. The Morgan fingerprint density at radius 1 is 1.32 bits per heavy atom. The second-order valence-corrected chi connectivity index (χ2v) is 4.17. The lowest BCUT2D eigenvalue weighted by Crippen LogP contribution is -2.14. The molecular weight excluding hydrogens is 268 g/mol. The summed E-state index contributed by atoms with van der Waals surface area (Å²) in [5, 5.41) is 8.94. The van der Waals surface area contributed by atoms with Crippen LogP contribution in [0.4, 0.5) is 0 Å². The van der Waals surface area contributed by atoms with Crippen LogP contribution >= 0.6 is 12.6 Å². The van der Waals surface area contributed by atoms with E-state index in [0.717, 1.165) is 11.8 Å². The minimum absolute atomic E-state index is 0.00642. The average Bonchev–Trinajstić information content (AvgIpc) is 2.41. The van der Waals surface area contributed by atoms with Crippen molar-refractivity contribution in [2.45, 2.75) is 11.5 Å². The van der Waals surface area contributed by atoms with E-state index in [-0.39, 0.29) is 17.3 Å². The van der Waals surface area contributed by atoms with Crippen LogP contribution in [0.1, 0.15) is 16.1 Å². The van der Waals surface area contributed by atoms with Crippen LogP contribution in [0.2, 0.25) is 0 Å². The van der Waals surface area contributed by atoms with Crippen LogP contribution < -0.4 is 10.2 Å². The molecule has 0 radical (unpaired) electrons. The second-order valence-electron chi connectivity index (χ2n) is 3.69. The predicted molar refractivity (Wildman–Crippen MR) is 70.0 cm³/mol. The lowest BCUT2D eigenvalue weighted by molar-refractivity contribution is 0.0649. The number of carboxylic acids is 1. The van der Waals surface area contributed by atoms with Crippen LogP contribution in [0.5, 0.6) is 5.75 Å². The zero-order valence-corrected chi connectivity index (χ0v) is 10.6. The van der Waals surface area contributed by atoms with Crippen molar-refractivity contribution in [2.75, 3.05) is 0 Å². The number of ether oxygens (including phenoxy) is 1. The molecule has 1 aromatic heterocycles. The van der Waals surface area contributed by atoms with E-state index < -0.39 is 17.2 Å². The molecule has 0 aliphatic heterocycles. The molecule has 2 rings (SSSR count). The predicted octanol–water partition coefficient (Wildman–Crippen LogP) is 2.21. The topological polar surface area (TPSA) is 76.7 Å². The largest absolute Gasteiger partial charge is 0.481 e. The van der Waals surface area contributed by atoms with Gasteiger partial charge >= 0.3 is 5.97 Å². The van der Waals surface area contributed by atoms with Gasteiger partial charge in [-0.25, -0.2) is 4.79 Å². The molecule has 0 fully saturated rings. The summed E-state index contributed by atoms with van der Waals surface area (Å²) in [6.07, 6.45) is 0.976. The molecule has 5 nitrogen and oxygen atoms in total. The van der Waals surface area contributed by atoms with Crippen molar-refractivity contribution in [3.05, 3.63) is 58.1 Å². The molecule has 2 aromatic rings. The van der Waals surface area contributed by atoms with Gasteiger partial charge in [-0.2, -0.15) is 0 Å². The summed E-state index contributed by atoms with van der Waals surface area (Å²) in [6, 6.07) is 9.07. The molecule has 19 heavy (non-hydrogen) atoms. The van der Waals surface area contributed by atoms with Crippen LogP contribution in [0.3, 0.4) is 0 Å². The second kappa shape index (κ2) is 5.62. The van der Waals surface area contributed by atoms with E-state index in [1.807, 2.05) is 18.2 Å². The van der Waals surface area contributed by atoms with Gasteiger partial charge in [0, 0.05) is 0 Å². The summed E-state index contributed by atoms with van der Waals surface area (Å²) >= 11 is 3.88. The molecule has 0 saturated heterocycles. The lowest BCUT2D eigenvalue weighted by Gasteiger charge is -2.07. The number of hydrogen-bond acceptors (Lipinski definition) is 5. The van der Waals surface area contributed by atoms with Gasteiger partial charge in [0.25, 0.3) is 5.76 Å². The van der Waals surface area contributed by atoms with Crippen molar-refractivity contribution in [3.8, 4) is 5.75 Å². The molecule has 1 aromatic carbocycles. The van der Waals surface area contributed by atoms with Crippen LogP contribution in [-0.2, 0) is 6.61 Å². The number of aromatic carboxylic acids is 1. The van der Waals surface area contributed by atoms with Gasteiger partial charge in [0.2, 0.25) is 11.2 Å². The monoisotopic (exact) mass is 278 g/mol. The van der Waals surface area contributed by atoms with Gasteiger partial charge in [-0.05, 0) is 5.56 Å². The SMILES string of the molecule is O=C(O)c1occ(S)c(=O)c1OCc1ccccc1. The lowest BCUT2D eigenvalue weighted by atomic mass is 10.2. The average molecular weight is 278 g/mol. The molecule has 0 bridgehead atoms. The fourth-order valence-corrected chi connectivity index (χ4v) is 1.60. The van der Waals surface area contributed by atoms with Gasteiger partial charge in [0.15, 0.2) is 0 Å². The fourth-order valence-electron chi connectivity index (χ4n) is 1.45. The minimum Gasteiger partial charge on any atom is -0.481 e. The zero-order valence-electron chi connectivity index (χ0n) is 9.70. The number of hydrogen-bond donors (Lipinski definition) is 2. The summed E-state index contributed by atoms with van der Waals surface area (Å²) < 4.78 is 10.1. The number of carboxylic acid groups (broad SMARTS) is 1. The summed E-state index contributed by atoms with van der Waals surface area (Å²) in [7, 11) is 0. The van der Waals surface area contributed by atoms with Crippen LogP contribution in [0, 0.1) is 0 Å². The highest BCUT2D eigenvalue weighted by atomic mass is 32.1. The highest BCUT2D eigenvalue weighted by molar-refractivity contribution is 7.80. The van der Waals surface area contributed by atoms with E-state index in [0.29, 0.717) is 0 Å². The minimum atomic E-state index is -1.37. The number of carbonyl (C=O) groups is 1. The first-order valence-electron chi connectivity index (χ1n) is 5.34. The standard InChI is InChI=1S/C13H10O5S/c14-10-9(19)7-18-12(13(15)16)11(10)17-6-8-4-2-1-3-5-8/h1-5,7,19H,6H2,(H,15,16). The summed E-state index contributed by atoms with van der Waals surface area (Å²) in [6.45, 7) is 0.0725. The molecule has 0 unspecified atom stereocenters. The molecular formula is C13H10O5S. The zero-order chi connectivity index (χ0) is 13.8. The van der Waals surface area contributed by atoms with Crippen molar-refractivity contribution in [1.82, 2.24) is 0 Å². The van der Waals surface area contributed by atoms with Crippen molar-refractivity contribution >= 4 is 18.6 Å². The molecule has 0 aliphatic carbocycles. The van der Waals surface area contributed by atoms with Crippen molar-refractivity contribution in [3.63, 3.8) is 0 Å². The first-order chi connectivity index (χ1) is 9.09. The Hall–Kier alpha value is -2.21. The van der Waals surface area contributed by atoms with Gasteiger partial charge in [-0.3, -0.25) is 4.79 Å². The van der Waals surface area contributed by atoms with Crippen molar-refractivity contribution in [1.29, 1.82) is 0 Å². The maximum Gasteiger partial charge on any atom is 0.375 e. The fraction of sp³-hybridized carbons (Fsp3) is 0.0769. The van der Waals surface area contributed by atoms with Gasteiger partial charge in [-0.15, -0.1) is 12.6 Å². The van der Waals surface area contributed by atoms with Crippen molar-refractivity contribution < 1.29 is 19.1 Å². The Morgan fingerprint density at radius 3 is 2.63 bits per heavy atom. The Kier molecular flexibility index (Phi) is 3.91. The highest BCUT2D eigenvalue weighted by Gasteiger charge is 2.20. The molecule has 0 saturated carbocycles. The smallest absolute Gasteiger partial charge is 0.375 e. The summed E-state index contributed by atoms with van der Waals surface area (Å²) in [5.74, 6) is -2.24. The number of rotatable bonds is 4. The first kappa shape index (κ1) is 13.2. The van der Waals surface area contributed by atoms with Gasteiger partial charge in [0.05, 0.1) is 4.90 Å². The Morgan fingerprint density at radius 2 is 2.00 bits per heavy atom. The summed E-state index contributed by atoms with van der Waals surface area (Å²) in [4.78, 5) is 22.7. The van der Waals surface area contributed by atoms with Crippen LogP contribution in [0.25, 0.3) is 0 Å². The molecule has 98 valence electrons. The number of benzene rings is 1. The molecule has 0 amide bonds. The van der Waals surface area contributed by atoms with Gasteiger partial charge in [0.1, 0.15) is 12.9 Å². The Balaban J connectivity index is 2.31. The molecule has 0 aliphatic rings. The molecule has 1 heterocycles. The highest BCUT2D eigenvalue weighted by Crippen LogP contribution is 2.17. The Bertz CT molecular complexity index is 648. The Labute approximate surface area is 113 Å². The maximum absolute atomic E-state index is 11.8. The van der Waals surface area contributed by atoms with E-state index in [1.54, 1.807) is 12.1 Å². The third kappa shape index (κ3) is 2.97. The van der Waals surface area contributed by atoms with Crippen molar-refractivity contribution in [2.24, 2.45) is 0 Å². The molecule has 0 atom stereocenters. The van der Waals surface area contributed by atoms with E-state index in [4.69, 9.17) is 14.3 Å². The van der Waals surface area contributed by atoms with Crippen LogP contribution in [-0.4, -0.2) is 11.1 Å². The number of thiol groups is 1. The van der Waals surface area contributed by atoms with E-state index >= 15 is 0 Å². The third-order valence-corrected chi connectivity index (χ3v) is 2.66. The van der Waals surface area contributed by atoms with Gasteiger partial charge in [-0.1, -0.05) is 30.3 Å². The quantitative estimate of drug-likeness (QED) is 0.838. The van der Waals surface area contributed by atoms with E-state index in [1.165, 1.54) is 0 Å². The van der Waals surface area contributed by atoms with E-state index in [2.05, 4.69) is 12.6 Å².